The molecule has 47 heavy (non-hydrogen) atoms. The summed E-state index contributed by atoms with van der Waals surface area (Å²) in [7, 11) is -5.18. The van der Waals surface area contributed by atoms with E-state index >= 15 is 0 Å². The van der Waals surface area contributed by atoms with Crippen molar-refractivity contribution in [2.24, 2.45) is 0 Å². The number of esters is 1. The number of phosphoric acid groups is 1. The summed E-state index contributed by atoms with van der Waals surface area (Å²) < 4.78 is 31.4. The van der Waals surface area contributed by atoms with Gasteiger partial charge < -0.3 is 38.4 Å². The summed E-state index contributed by atoms with van der Waals surface area (Å²) in [5.41, 5.74) is 0. The Balaban J connectivity index is -0.00000968. The van der Waals surface area contributed by atoms with Crippen LogP contribution in [0.4, 0.5) is 0 Å². The number of hydrogen-bond donors (Lipinski definition) is 1. The van der Waals surface area contributed by atoms with E-state index in [4.69, 9.17) is 14.2 Å². The number of amides is 1. The zero-order valence-corrected chi connectivity index (χ0v) is 35.6. The predicted octanol–water partition coefficient (Wildman–Crippen LogP) is 1.26. The Morgan fingerprint density at radius 2 is 1.09 bits per heavy atom. The van der Waals surface area contributed by atoms with Crippen LogP contribution in [0, 0.1) is 0 Å². The molecule has 1 amide bonds. The average Bonchev–Trinajstić information content (AvgIpc) is 2.99. The van der Waals surface area contributed by atoms with Crippen LogP contribution in [0.25, 0.3) is 0 Å². The fourth-order valence-corrected chi connectivity index (χ4v) is 5.48. The normalized spacial score (nSPS) is 11.8. The molecule has 0 aliphatic heterocycles. The smallest absolute Gasteiger partial charge is 0.790 e. The van der Waals surface area contributed by atoms with E-state index in [9.17, 15) is 23.9 Å². The fraction of sp³-hybridized carbons (Fsp3) is 0.941. The van der Waals surface area contributed by atoms with E-state index in [1.807, 2.05) is 0 Å². The minimum absolute atomic E-state index is 0. The molecule has 0 aromatic carbocycles. The molecule has 0 spiro atoms. The van der Waals surface area contributed by atoms with Crippen molar-refractivity contribution in [3.8, 4) is 0 Å². The van der Waals surface area contributed by atoms with Gasteiger partial charge in [-0.1, -0.05) is 135 Å². The first-order valence-electron chi connectivity index (χ1n) is 18.0. The Bertz CT molecular complexity index is 732. The Kier molecular flexibility index (Phi) is 44.3. The number of nitrogens with one attached hydrogen (secondary N) is 1. The van der Waals surface area contributed by atoms with E-state index in [2.05, 4.69) is 16.8 Å². The van der Waals surface area contributed by atoms with Gasteiger partial charge in [0.15, 0.2) is 0 Å². The average molecular weight is 710 g/mol. The van der Waals surface area contributed by atoms with Crippen molar-refractivity contribution >= 4 is 19.7 Å². The maximum atomic E-state index is 12.2. The van der Waals surface area contributed by atoms with Gasteiger partial charge in [-0.2, -0.15) is 0 Å². The summed E-state index contributed by atoms with van der Waals surface area (Å²) in [6, 6.07) is 0. The van der Waals surface area contributed by atoms with E-state index in [0.717, 1.165) is 38.6 Å². The quantitative estimate of drug-likeness (QED) is 0.0338. The van der Waals surface area contributed by atoms with Gasteiger partial charge in [0.1, 0.15) is 12.9 Å². The molecule has 0 rings (SSSR count). The molecule has 268 valence electrons. The van der Waals surface area contributed by atoms with Crippen LogP contribution in [0.15, 0.2) is 0 Å². The van der Waals surface area contributed by atoms with Crippen LogP contribution in [-0.2, 0) is 32.9 Å². The molecule has 0 saturated carbocycles. The molecule has 10 nitrogen and oxygen atoms in total. The molecule has 0 unspecified atom stereocenters. The molecule has 0 aliphatic carbocycles. The van der Waals surface area contributed by atoms with E-state index in [1.165, 1.54) is 109 Å². The summed E-state index contributed by atoms with van der Waals surface area (Å²) >= 11 is 0. The molecule has 0 heterocycles. The SMILES string of the molecule is CCCCCCCCCCCCC(=O)O[C@H](COCOCCCCCCCCCCCCCCCNC(C)=O)COP(=O)([O-])[O-].[Na+].[Na+]. The second-order valence-electron chi connectivity index (χ2n) is 12.3. The fourth-order valence-electron chi connectivity index (χ4n) is 5.13. The minimum atomic E-state index is -5.18. The zero-order valence-electron chi connectivity index (χ0n) is 30.7. The third-order valence-corrected chi connectivity index (χ3v) is 8.23. The number of phosphoric ester groups is 1. The summed E-state index contributed by atoms with van der Waals surface area (Å²) in [4.78, 5) is 44.8. The molecule has 1 atom stereocenters. The van der Waals surface area contributed by atoms with Crippen LogP contribution in [0.2, 0.25) is 0 Å². The van der Waals surface area contributed by atoms with Gasteiger partial charge in [-0.3, -0.25) is 9.59 Å². The molecule has 13 heteroatoms. The van der Waals surface area contributed by atoms with Gasteiger partial charge in [0.25, 0.3) is 0 Å². The molecular weight excluding hydrogens is 643 g/mol. The Morgan fingerprint density at radius 1 is 0.638 bits per heavy atom. The molecule has 0 aromatic heterocycles. The van der Waals surface area contributed by atoms with Crippen LogP contribution < -0.4 is 74.2 Å². The summed E-state index contributed by atoms with van der Waals surface area (Å²) in [6.45, 7) is 4.45. The van der Waals surface area contributed by atoms with Crippen molar-refractivity contribution < 1.29 is 102 Å². The van der Waals surface area contributed by atoms with Crippen LogP contribution in [0.1, 0.15) is 168 Å². The Morgan fingerprint density at radius 3 is 1.55 bits per heavy atom. The number of carbonyl (C=O) groups is 2. The third-order valence-electron chi connectivity index (χ3n) is 7.76. The van der Waals surface area contributed by atoms with Crippen LogP contribution in [-0.4, -0.2) is 51.1 Å². The first-order chi connectivity index (χ1) is 21.7. The van der Waals surface area contributed by atoms with Crippen LogP contribution in [0.3, 0.4) is 0 Å². The molecule has 0 aliphatic rings. The van der Waals surface area contributed by atoms with Crippen LogP contribution in [0.5, 0.6) is 0 Å². The largest absolute Gasteiger partial charge is 1.00 e. The van der Waals surface area contributed by atoms with E-state index in [0.29, 0.717) is 13.0 Å². The maximum Gasteiger partial charge on any atom is 1.00 e. The Labute approximate surface area is 331 Å². The van der Waals surface area contributed by atoms with Crippen molar-refractivity contribution in [1.82, 2.24) is 5.32 Å². The maximum absolute atomic E-state index is 12.2. The molecule has 0 fully saturated rings. The second kappa shape index (κ2) is 39.8. The van der Waals surface area contributed by atoms with Crippen molar-refractivity contribution in [3.63, 3.8) is 0 Å². The number of unbranched alkanes of at least 4 members (excludes halogenated alkanes) is 21. The van der Waals surface area contributed by atoms with E-state index in [-0.39, 0.29) is 84.8 Å². The Hall–Kier alpha value is 0.970. The number of rotatable bonds is 35. The van der Waals surface area contributed by atoms with Gasteiger partial charge in [-0.15, -0.1) is 0 Å². The second-order valence-corrected chi connectivity index (χ2v) is 13.4. The number of carbonyl (C=O) groups excluding carboxylic acids is 2. The summed E-state index contributed by atoms with van der Waals surface area (Å²) in [5.74, 6) is -0.399. The van der Waals surface area contributed by atoms with Crippen molar-refractivity contribution in [2.45, 2.75) is 174 Å². The van der Waals surface area contributed by atoms with Crippen LogP contribution >= 0.6 is 7.82 Å². The van der Waals surface area contributed by atoms with Crippen molar-refractivity contribution in [3.05, 3.63) is 0 Å². The monoisotopic (exact) mass is 709 g/mol. The van der Waals surface area contributed by atoms with E-state index < -0.39 is 26.5 Å². The first-order valence-corrected chi connectivity index (χ1v) is 19.5. The summed E-state index contributed by atoms with van der Waals surface area (Å²) in [6.07, 6.45) is 26.5. The molecule has 0 radical (unpaired) electrons. The number of hydrogen-bond acceptors (Lipinski definition) is 9. The first kappa shape index (κ1) is 52.3. The minimum Gasteiger partial charge on any atom is -0.790 e. The zero-order chi connectivity index (χ0) is 33.3. The molecule has 0 bridgehead atoms. The standard InChI is InChI=1S/C34H68NO9P.2Na/c1-3-4-5-6-7-8-14-17-20-23-26-34(37)44-33(30-43-45(38,39)40)29-42-31-41-28-25-22-19-16-13-11-9-10-12-15-18-21-24-27-35-32(2)36;;/h33H,3-31H2,1-2H3,(H,35,36)(H2,38,39,40);;/q;2*+1/p-2/t33-;;/m1../s1. The van der Waals surface area contributed by atoms with Gasteiger partial charge in [0, 0.05) is 26.5 Å². The molecule has 1 N–H and O–H groups in total. The molecule has 0 aromatic rings. The van der Waals surface area contributed by atoms with Gasteiger partial charge in [-0.05, 0) is 19.3 Å². The molecular formula is C34H66NNa2O9P. The van der Waals surface area contributed by atoms with Gasteiger partial charge >= 0.3 is 65.1 Å². The molecule has 0 saturated heterocycles. The van der Waals surface area contributed by atoms with Gasteiger partial charge in [-0.25, -0.2) is 0 Å². The predicted molar refractivity (Wildman–Crippen MR) is 175 cm³/mol. The van der Waals surface area contributed by atoms with Crippen molar-refractivity contribution in [1.29, 1.82) is 0 Å². The number of ether oxygens (including phenoxy) is 3. The topological polar surface area (TPSA) is 146 Å². The van der Waals surface area contributed by atoms with Gasteiger partial charge in [0.05, 0.1) is 21.0 Å². The third kappa shape index (κ3) is 44.9. The van der Waals surface area contributed by atoms with E-state index in [1.54, 1.807) is 6.92 Å². The van der Waals surface area contributed by atoms with Gasteiger partial charge in [0.2, 0.25) is 5.91 Å². The van der Waals surface area contributed by atoms with Crippen molar-refractivity contribution in [2.75, 3.05) is 33.2 Å². The summed E-state index contributed by atoms with van der Waals surface area (Å²) in [5, 5.41) is 2.84.